The zero-order chi connectivity index (χ0) is 12.1. The summed E-state index contributed by atoms with van der Waals surface area (Å²) in [6.45, 7) is 6.56. The van der Waals surface area contributed by atoms with Crippen LogP contribution in [0.25, 0.3) is 0 Å². The molecule has 3 atom stereocenters. The van der Waals surface area contributed by atoms with Gasteiger partial charge in [0.05, 0.1) is 12.7 Å². The lowest BCUT2D eigenvalue weighted by molar-refractivity contribution is 0.0134. The molecule has 0 aromatic carbocycles. The van der Waals surface area contributed by atoms with E-state index in [0.717, 1.165) is 25.0 Å². The molecule has 2 aliphatic rings. The Morgan fingerprint density at radius 1 is 1.24 bits per heavy atom. The molecule has 2 rings (SSSR count). The zero-order valence-corrected chi connectivity index (χ0v) is 11.6. The van der Waals surface area contributed by atoms with Crippen LogP contribution in [0.5, 0.6) is 0 Å². The van der Waals surface area contributed by atoms with Crippen molar-refractivity contribution in [2.24, 2.45) is 11.8 Å². The maximum Gasteiger partial charge on any atom is 0.0594 e. The van der Waals surface area contributed by atoms with Gasteiger partial charge in [0, 0.05) is 12.6 Å². The first-order chi connectivity index (χ1) is 8.29. The average Bonchev–Trinajstić information content (AvgIpc) is 3.19. The molecule has 3 unspecified atom stereocenters. The second kappa shape index (κ2) is 6.75. The van der Waals surface area contributed by atoms with Gasteiger partial charge >= 0.3 is 0 Å². The number of ether oxygens (including phenoxy) is 1. The second-order valence-electron chi connectivity index (χ2n) is 6.01. The molecule has 0 aliphatic heterocycles. The topological polar surface area (TPSA) is 21.3 Å². The molecule has 0 aromatic rings. The van der Waals surface area contributed by atoms with Crippen LogP contribution in [-0.2, 0) is 4.74 Å². The van der Waals surface area contributed by atoms with Gasteiger partial charge in [-0.15, -0.1) is 0 Å². The molecule has 2 saturated carbocycles. The van der Waals surface area contributed by atoms with Gasteiger partial charge in [0.25, 0.3) is 0 Å². The highest BCUT2D eigenvalue weighted by atomic mass is 16.5. The quantitative estimate of drug-likeness (QED) is 0.688. The third-order valence-electron chi connectivity index (χ3n) is 4.56. The van der Waals surface area contributed by atoms with E-state index < -0.39 is 0 Å². The Bertz CT molecular complexity index is 215. The van der Waals surface area contributed by atoms with E-state index in [1.807, 2.05) is 0 Å². The van der Waals surface area contributed by atoms with Gasteiger partial charge in [-0.3, -0.25) is 0 Å². The third kappa shape index (κ3) is 4.59. The van der Waals surface area contributed by atoms with E-state index in [-0.39, 0.29) is 0 Å². The molecule has 0 amide bonds. The summed E-state index contributed by atoms with van der Waals surface area (Å²) >= 11 is 0. The number of nitrogens with one attached hydrogen (secondary N) is 1. The van der Waals surface area contributed by atoms with Crippen molar-refractivity contribution in [2.45, 2.75) is 70.9 Å². The minimum absolute atomic E-state index is 0.548. The highest BCUT2D eigenvalue weighted by Crippen LogP contribution is 2.32. The van der Waals surface area contributed by atoms with Crippen molar-refractivity contribution in [2.75, 3.05) is 13.2 Å². The highest BCUT2D eigenvalue weighted by molar-refractivity contribution is 4.83. The van der Waals surface area contributed by atoms with Gasteiger partial charge in [-0.25, -0.2) is 0 Å². The van der Waals surface area contributed by atoms with Crippen LogP contribution in [0.4, 0.5) is 0 Å². The largest absolute Gasteiger partial charge is 0.377 e. The summed E-state index contributed by atoms with van der Waals surface area (Å²) in [5.74, 6) is 1.88. The molecule has 0 heterocycles. The van der Waals surface area contributed by atoms with Crippen LogP contribution in [0.1, 0.15) is 58.8 Å². The van der Waals surface area contributed by atoms with Crippen molar-refractivity contribution in [1.82, 2.24) is 5.32 Å². The minimum atomic E-state index is 0.548. The Morgan fingerprint density at radius 3 is 2.76 bits per heavy atom. The predicted molar refractivity (Wildman–Crippen MR) is 72.2 cm³/mol. The van der Waals surface area contributed by atoms with Crippen LogP contribution >= 0.6 is 0 Å². The van der Waals surface area contributed by atoms with Gasteiger partial charge in [0.15, 0.2) is 0 Å². The highest BCUT2D eigenvalue weighted by Gasteiger charge is 2.27. The Hall–Kier alpha value is -0.0800. The van der Waals surface area contributed by atoms with Crippen molar-refractivity contribution in [3.05, 3.63) is 0 Å². The summed E-state index contributed by atoms with van der Waals surface area (Å²) < 4.78 is 6.00. The van der Waals surface area contributed by atoms with E-state index in [0.29, 0.717) is 12.1 Å². The normalized spacial score (nSPS) is 31.4. The van der Waals surface area contributed by atoms with Gasteiger partial charge in [0.1, 0.15) is 0 Å². The number of rotatable bonds is 7. The van der Waals surface area contributed by atoms with E-state index >= 15 is 0 Å². The fourth-order valence-corrected chi connectivity index (χ4v) is 3.04. The SMILES string of the molecule is CCC1CCCC(OCCNC(C)C2CC2)C1. The van der Waals surface area contributed by atoms with E-state index in [1.165, 1.54) is 44.9 Å². The maximum atomic E-state index is 6.00. The molecule has 2 nitrogen and oxygen atoms in total. The zero-order valence-electron chi connectivity index (χ0n) is 11.6. The van der Waals surface area contributed by atoms with Gasteiger partial charge < -0.3 is 10.1 Å². The van der Waals surface area contributed by atoms with Crippen molar-refractivity contribution in [1.29, 1.82) is 0 Å². The first kappa shape index (κ1) is 13.4. The van der Waals surface area contributed by atoms with Gasteiger partial charge in [-0.1, -0.05) is 26.2 Å². The predicted octanol–water partition coefficient (Wildman–Crippen LogP) is 3.36. The Labute approximate surface area is 107 Å². The molecule has 0 radical (unpaired) electrons. The van der Waals surface area contributed by atoms with Crippen LogP contribution in [0, 0.1) is 11.8 Å². The number of hydrogen-bond acceptors (Lipinski definition) is 2. The van der Waals surface area contributed by atoms with Crippen LogP contribution in [-0.4, -0.2) is 25.3 Å². The summed E-state index contributed by atoms with van der Waals surface area (Å²) in [5.41, 5.74) is 0. The molecule has 2 aliphatic carbocycles. The van der Waals surface area contributed by atoms with E-state index in [4.69, 9.17) is 4.74 Å². The van der Waals surface area contributed by atoms with Gasteiger partial charge in [-0.2, -0.15) is 0 Å². The lowest BCUT2D eigenvalue weighted by Crippen LogP contribution is -2.33. The van der Waals surface area contributed by atoms with Crippen molar-refractivity contribution in [3.8, 4) is 0 Å². The average molecular weight is 239 g/mol. The number of hydrogen-bond donors (Lipinski definition) is 1. The third-order valence-corrected chi connectivity index (χ3v) is 4.56. The smallest absolute Gasteiger partial charge is 0.0594 e. The van der Waals surface area contributed by atoms with E-state index in [1.54, 1.807) is 0 Å². The molecule has 0 saturated heterocycles. The van der Waals surface area contributed by atoms with Crippen LogP contribution in [0.3, 0.4) is 0 Å². The summed E-state index contributed by atoms with van der Waals surface area (Å²) in [6, 6.07) is 0.702. The first-order valence-electron chi connectivity index (χ1n) is 7.64. The molecule has 0 aromatic heterocycles. The van der Waals surface area contributed by atoms with Crippen molar-refractivity contribution in [3.63, 3.8) is 0 Å². The van der Waals surface area contributed by atoms with E-state index in [9.17, 15) is 0 Å². The van der Waals surface area contributed by atoms with Crippen LogP contribution < -0.4 is 5.32 Å². The van der Waals surface area contributed by atoms with Crippen LogP contribution in [0.15, 0.2) is 0 Å². The maximum absolute atomic E-state index is 6.00. The Kier molecular flexibility index (Phi) is 5.30. The van der Waals surface area contributed by atoms with Gasteiger partial charge in [0.2, 0.25) is 0 Å². The summed E-state index contributed by atoms with van der Waals surface area (Å²) in [5, 5.41) is 3.58. The summed E-state index contributed by atoms with van der Waals surface area (Å²) in [6.07, 6.45) is 10.1. The molecule has 2 fully saturated rings. The molecule has 100 valence electrons. The van der Waals surface area contributed by atoms with Crippen molar-refractivity contribution >= 4 is 0 Å². The molecule has 17 heavy (non-hydrogen) atoms. The van der Waals surface area contributed by atoms with Crippen molar-refractivity contribution < 1.29 is 4.74 Å². The summed E-state index contributed by atoms with van der Waals surface area (Å²) in [7, 11) is 0. The molecule has 1 N–H and O–H groups in total. The monoisotopic (exact) mass is 239 g/mol. The Balaban J connectivity index is 1.52. The van der Waals surface area contributed by atoms with Crippen LogP contribution in [0.2, 0.25) is 0 Å². The fourth-order valence-electron chi connectivity index (χ4n) is 3.04. The second-order valence-corrected chi connectivity index (χ2v) is 6.01. The minimum Gasteiger partial charge on any atom is -0.377 e. The van der Waals surface area contributed by atoms with Gasteiger partial charge in [-0.05, 0) is 44.4 Å². The summed E-state index contributed by atoms with van der Waals surface area (Å²) in [4.78, 5) is 0. The Morgan fingerprint density at radius 2 is 2.06 bits per heavy atom. The first-order valence-corrected chi connectivity index (χ1v) is 7.64. The fraction of sp³-hybridized carbons (Fsp3) is 1.00. The standard InChI is InChI=1S/C15H29NO/c1-3-13-5-4-6-15(11-13)17-10-9-16-12(2)14-7-8-14/h12-16H,3-11H2,1-2H3. The lowest BCUT2D eigenvalue weighted by Gasteiger charge is -2.28. The molecule has 0 spiro atoms. The molecule has 2 heteroatoms. The lowest BCUT2D eigenvalue weighted by atomic mass is 9.85. The van der Waals surface area contributed by atoms with E-state index in [2.05, 4.69) is 19.2 Å². The molecular weight excluding hydrogens is 210 g/mol. The molecular formula is C15H29NO. The molecule has 0 bridgehead atoms.